The first kappa shape index (κ1) is 17.7. The van der Waals surface area contributed by atoms with E-state index >= 15 is 0 Å². The van der Waals surface area contributed by atoms with Gasteiger partial charge in [0.1, 0.15) is 5.82 Å². The second-order valence-electron chi connectivity index (χ2n) is 5.75. The lowest BCUT2D eigenvalue weighted by molar-refractivity contribution is 0.0264. The summed E-state index contributed by atoms with van der Waals surface area (Å²) in [7, 11) is 0. The van der Waals surface area contributed by atoms with Gasteiger partial charge in [0.2, 0.25) is 0 Å². The number of likely N-dealkylation sites (tertiary alicyclic amines) is 1. The Balaban J connectivity index is 1.86. The van der Waals surface area contributed by atoms with Crippen LogP contribution in [0.3, 0.4) is 0 Å². The number of rotatable bonds is 6. The van der Waals surface area contributed by atoms with Gasteiger partial charge in [0.15, 0.2) is 5.96 Å². The third kappa shape index (κ3) is 5.82. The van der Waals surface area contributed by atoms with E-state index in [-0.39, 0.29) is 5.82 Å². The number of halogens is 1. The molecule has 5 heteroatoms. The first-order valence-corrected chi connectivity index (χ1v) is 8.62. The second kappa shape index (κ2) is 9.50. The van der Waals surface area contributed by atoms with E-state index in [1.807, 2.05) is 19.1 Å². The van der Waals surface area contributed by atoms with Crippen molar-refractivity contribution >= 4 is 5.96 Å². The monoisotopic (exact) mass is 321 g/mol. The number of guanidine groups is 1. The van der Waals surface area contributed by atoms with Crippen molar-refractivity contribution in [1.82, 2.24) is 10.2 Å². The fourth-order valence-corrected chi connectivity index (χ4v) is 2.84. The van der Waals surface area contributed by atoms with Gasteiger partial charge >= 0.3 is 0 Å². The predicted octanol–water partition coefficient (Wildman–Crippen LogP) is 2.83. The Bertz CT molecular complexity index is 482. The predicted molar refractivity (Wildman–Crippen MR) is 92.3 cm³/mol. The van der Waals surface area contributed by atoms with E-state index in [4.69, 9.17) is 9.73 Å². The number of piperidine rings is 1. The van der Waals surface area contributed by atoms with Crippen LogP contribution < -0.4 is 5.32 Å². The lowest BCUT2D eigenvalue weighted by Gasteiger charge is -2.34. The fourth-order valence-electron chi connectivity index (χ4n) is 2.84. The molecule has 0 saturated carbocycles. The smallest absolute Gasteiger partial charge is 0.193 e. The first-order chi connectivity index (χ1) is 11.2. The van der Waals surface area contributed by atoms with Gasteiger partial charge in [0, 0.05) is 32.8 Å². The number of nitrogens with zero attached hydrogens (tertiary/aromatic N) is 2. The normalized spacial score (nSPS) is 16.7. The number of hydrogen-bond donors (Lipinski definition) is 1. The van der Waals surface area contributed by atoms with E-state index in [0.717, 1.165) is 57.0 Å². The zero-order chi connectivity index (χ0) is 16.5. The maximum absolute atomic E-state index is 12.9. The molecule has 1 aromatic rings. The largest absolute Gasteiger partial charge is 0.378 e. The molecule has 0 aliphatic carbocycles. The molecule has 0 bridgehead atoms. The van der Waals surface area contributed by atoms with E-state index in [1.54, 1.807) is 0 Å². The fraction of sp³-hybridized carbons (Fsp3) is 0.611. The van der Waals surface area contributed by atoms with Crippen molar-refractivity contribution in [3.63, 3.8) is 0 Å². The van der Waals surface area contributed by atoms with Gasteiger partial charge in [-0.25, -0.2) is 4.39 Å². The molecule has 1 heterocycles. The van der Waals surface area contributed by atoms with Gasteiger partial charge in [-0.2, -0.15) is 0 Å². The third-order valence-corrected chi connectivity index (χ3v) is 4.05. The Labute approximate surface area is 138 Å². The Morgan fingerprint density at radius 3 is 2.57 bits per heavy atom. The average molecular weight is 321 g/mol. The van der Waals surface area contributed by atoms with Crippen molar-refractivity contribution in [2.45, 2.75) is 39.2 Å². The van der Waals surface area contributed by atoms with Gasteiger partial charge in [-0.15, -0.1) is 0 Å². The summed E-state index contributed by atoms with van der Waals surface area (Å²) in [4.78, 5) is 7.03. The third-order valence-electron chi connectivity index (χ3n) is 4.05. The molecular weight excluding hydrogens is 293 g/mol. The van der Waals surface area contributed by atoms with Crippen molar-refractivity contribution in [1.29, 1.82) is 0 Å². The van der Waals surface area contributed by atoms with Crippen LogP contribution >= 0.6 is 0 Å². The summed E-state index contributed by atoms with van der Waals surface area (Å²) < 4.78 is 18.6. The Hall–Kier alpha value is -1.62. The topological polar surface area (TPSA) is 36.9 Å². The zero-order valence-electron chi connectivity index (χ0n) is 14.2. The van der Waals surface area contributed by atoms with Crippen LogP contribution in [0.15, 0.2) is 29.3 Å². The van der Waals surface area contributed by atoms with Crippen molar-refractivity contribution in [3.05, 3.63) is 35.6 Å². The summed E-state index contributed by atoms with van der Waals surface area (Å²) in [5, 5.41) is 3.37. The molecule has 0 amide bonds. The molecule has 1 N–H and O–H groups in total. The van der Waals surface area contributed by atoms with Crippen LogP contribution in [0.1, 0.15) is 32.3 Å². The second-order valence-corrected chi connectivity index (χ2v) is 5.75. The lowest BCUT2D eigenvalue weighted by atomic mass is 10.1. The van der Waals surface area contributed by atoms with E-state index in [9.17, 15) is 4.39 Å². The molecule has 23 heavy (non-hydrogen) atoms. The Morgan fingerprint density at radius 1 is 1.26 bits per heavy atom. The maximum atomic E-state index is 12.9. The molecule has 4 nitrogen and oxygen atoms in total. The van der Waals surface area contributed by atoms with Crippen molar-refractivity contribution in [2.75, 3.05) is 32.8 Å². The molecule has 1 aliphatic rings. The quantitative estimate of drug-likeness (QED) is 0.646. The minimum Gasteiger partial charge on any atom is -0.378 e. The van der Waals surface area contributed by atoms with Crippen LogP contribution in [0.4, 0.5) is 4.39 Å². The van der Waals surface area contributed by atoms with Gasteiger partial charge in [-0.1, -0.05) is 12.1 Å². The highest BCUT2D eigenvalue weighted by atomic mass is 19.1. The summed E-state index contributed by atoms with van der Waals surface area (Å²) in [6.45, 7) is 8.45. The van der Waals surface area contributed by atoms with Crippen LogP contribution in [0.25, 0.3) is 0 Å². The van der Waals surface area contributed by atoms with Gasteiger partial charge in [-0.3, -0.25) is 4.99 Å². The lowest BCUT2D eigenvalue weighted by Crippen LogP contribution is -2.47. The summed E-state index contributed by atoms with van der Waals surface area (Å²) in [6, 6.07) is 6.65. The van der Waals surface area contributed by atoms with Gasteiger partial charge in [-0.05, 0) is 50.8 Å². The standard InChI is InChI=1S/C18H28FN3O/c1-3-20-18(22-13-10-17(11-14-22)23-4-2)21-12-9-15-5-7-16(19)8-6-15/h5-8,17H,3-4,9-14H2,1-2H3,(H,20,21). The molecule has 0 spiro atoms. The van der Waals surface area contributed by atoms with Crippen LogP contribution in [0.5, 0.6) is 0 Å². The molecule has 128 valence electrons. The molecule has 1 saturated heterocycles. The molecule has 1 fully saturated rings. The molecular formula is C18H28FN3O. The number of benzene rings is 1. The minimum absolute atomic E-state index is 0.192. The van der Waals surface area contributed by atoms with E-state index in [0.29, 0.717) is 12.6 Å². The van der Waals surface area contributed by atoms with E-state index in [2.05, 4.69) is 17.1 Å². The van der Waals surface area contributed by atoms with Crippen LogP contribution in [-0.4, -0.2) is 49.7 Å². The maximum Gasteiger partial charge on any atom is 0.193 e. The summed E-state index contributed by atoms with van der Waals surface area (Å²) in [6.07, 6.45) is 3.31. The highest BCUT2D eigenvalue weighted by molar-refractivity contribution is 5.80. The molecule has 1 aromatic carbocycles. The Kier molecular flexibility index (Phi) is 7.33. The zero-order valence-corrected chi connectivity index (χ0v) is 14.2. The SMILES string of the molecule is CCNC(=NCCc1ccc(F)cc1)N1CCC(OCC)CC1. The highest BCUT2D eigenvalue weighted by Gasteiger charge is 2.21. The molecule has 1 aliphatic heterocycles. The van der Waals surface area contributed by atoms with Gasteiger partial charge in [0.05, 0.1) is 6.10 Å². The molecule has 0 radical (unpaired) electrons. The number of nitrogens with one attached hydrogen (secondary N) is 1. The summed E-state index contributed by atoms with van der Waals surface area (Å²) in [5.74, 6) is 0.785. The summed E-state index contributed by atoms with van der Waals surface area (Å²) in [5.41, 5.74) is 1.11. The first-order valence-electron chi connectivity index (χ1n) is 8.62. The molecule has 0 unspecified atom stereocenters. The molecule has 0 aromatic heterocycles. The minimum atomic E-state index is -0.192. The van der Waals surface area contributed by atoms with Gasteiger partial charge in [0.25, 0.3) is 0 Å². The number of hydrogen-bond acceptors (Lipinski definition) is 2. The number of aliphatic imine (C=N–C) groups is 1. The van der Waals surface area contributed by atoms with Crippen molar-refractivity contribution < 1.29 is 9.13 Å². The van der Waals surface area contributed by atoms with Crippen LogP contribution in [0.2, 0.25) is 0 Å². The Morgan fingerprint density at radius 2 is 1.96 bits per heavy atom. The molecule has 0 atom stereocenters. The van der Waals surface area contributed by atoms with Crippen molar-refractivity contribution in [3.8, 4) is 0 Å². The number of ether oxygens (including phenoxy) is 1. The van der Waals surface area contributed by atoms with Crippen molar-refractivity contribution in [2.24, 2.45) is 4.99 Å². The van der Waals surface area contributed by atoms with Crippen LogP contribution in [-0.2, 0) is 11.2 Å². The van der Waals surface area contributed by atoms with E-state index in [1.165, 1.54) is 12.1 Å². The van der Waals surface area contributed by atoms with Crippen LogP contribution in [0, 0.1) is 5.82 Å². The average Bonchev–Trinajstić information content (AvgIpc) is 2.57. The van der Waals surface area contributed by atoms with Gasteiger partial charge < -0.3 is 15.0 Å². The summed E-state index contributed by atoms with van der Waals surface area (Å²) >= 11 is 0. The highest BCUT2D eigenvalue weighted by Crippen LogP contribution is 2.14. The van der Waals surface area contributed by atoms with E-state index < -0.39 is 0 Å². The molecule has 2 rings (SSSR count).